The van der Waals surface area contributed by atoms with Crippen LogP contribution < -0.4 is 30.4 Å². The average Bonchev–Trinajstić information content (AvgIpc) is 4.29. The van der Waals surface area contributed by atoms with Gasteiger partial charge in [0.25, 0.3) is 0 Å². The molecule has 73 heavy (non-hydrogen) atoms. The second-order valence-corrected chi connectivity index (χ2v) is 17.9. The SMILES string of the molecule is Nc1ncnc2c1c(-c1ccc(Oc3cccc(OCc4ccccc4)c3)cc1)nn2C1CCCC1.Nc1ncnc2n[nH]c(-c3ccc(Oc4cccc(OCc5ccccc5)c4)cc3)c12.OC1CCCC1. The topological polar surface area (TPSA) is 207 Å². The fraction of sp³-hybridized carbons (Fsp3) is 0.207. The summed E-state index contributed by atoms with van der Waals surface area (Å²) >= 11 is 0. The number of nitrogens with one attached hydrogen (secondary N) is 1. The second kappa shape index (κ2) is 22.9. The Morgan fingerprint density at radius 1 is 0.521 bits per heavy atom. The summed E-state index contributed by atoms with van der Waals surface area (Å²) in [6, 6.07) is 51.3. The first-order valence-corrected chi connectivity index (χ1v) is 24.6. The van der Waals surface area contributed by atoms with E-state index in [4.69, 9.17) is 40.6 Å². The fourth-order valence-electron chi connectivity index (χ4n) is 8.97. The van der Waals surface area contributed by atoms with Gasteiger partial charge >= 0.3 is 0 Å². The normalized spacial score (nSPS) is 13.5. The van der Waals surface area contributed by atoms with E-state index in [1.165, 1.54) is 38.3 Å². The van der Waals surface area contributed by atoms with Crippen LogP contribution in [0, 0.1) is 0 Å². The predicted octanol–water partition coefficient (Wildman–Crippen LogP) is 12.5. The maximum Gasteiger partial charge on any atom is 0.186 e. The third kappa shape index (κ3) is 12.0. The monoisotopic (exact) mass is 972 g/mol. The Labute approximate surface area is 422 Å². The number of anilines is 2. The number of hydrogen-bond donors (Lipinski definition) is 4. The molecule has 15 heteroatoms. The first-order chi connectivity index (χ1) is 35.9. The summed E-state index contributed by atoms with van der Waals surface area (Å²) in [5.41, 5.74) is 19.3. The van der Waals surface area contributed by atoms with E-state index in [1.807, 2.05) is 162 Å². The average molecular weight is 973 g/mol. The van der Waals surface area contributed by atoms with Crippen molar-refractivity contribution in [3.8, 4) is 57.0 Å². The van der Waals surface area contributed by atoms with E-state index in [1.54, 1.807) is 0 Å². The second-order valence-electron chi connectivity index (χ2n) is 17.9. The van der Waals surface area contributed by atoms with Crippen LogP contribution in [0.15, 0.2) is 170 Å². The van der Waals surface area contributed by atoms with Crippen LogP contribution >= 0.6 is 0 Å². The quantitative estimate of drug-likeness (QED) is 0.0849. The minimum absolute atomic E-state index is 0.0463. The van der Waals surface area contributed by atoms with Crippen LogP contribution in [0.1, 0.15) is 68.5 Å². The van der Waals surface area contributed by atoms with Crippen molar-refractivity contribution < 1.29 is 24.1 Å². The molecule has 0 saturated heterocycles. The van der Waals surface area contributed by atoms with Crippen LogP contribution in [0.25, 0.3) is 44.6 Å². The molecule has 0 atom stereocenters. The van der Waals surface area contributed by atoms with Crippen LogP contribution in [0.5, 0.6) is 34.5 Å². The van der Waals surface area contributed by atoms with Crippen molar-refractivity contribution >= 4 is 33.7 Å². The van der Waals surface area contributed by atoms with Gasteiger partial charge in [-0.3, -0.25) is 5.10 Å². The molecular formula is C58H56N10O5. The van der Waals surface area contributed by atoms with Crippen LogP contribution in [0.2, 0.25) is 0 Å². The molecule has 0 amide bonds. The van der Waals surface area contributed by atoms with Crippen molar-refractivity contribution in [1.29, 1.82) is 0 Å². The van der Waals surface area contributed by atoms with Crippen molar-refractivity contribution in [3.63, 3.8) is 0 Å². The lowest BCUT2D eigenvalue weighted by molar-refractivity contribution is 0.183. The largest absolute Gasteiger partial charge is 0.489 e. The number of H-pyrrole nitrogens is 1. The Hall–Kier alpha value is -8.82. The van der Waals surface area contributed by atoms with Gasteiger partial charge in [-0.1, -0.05) is 98.5 Å². The van der Waals surface area contributed by atoms with Crippen LogP contribution in [0.3, 0.4) is 0 Å². The Morgan fingerprint density at radius 3 is 1.58 bits per heavy atom. The highest BCUT2D eigenvalue weighted by Gasteiger charge is 2.25. The van der Waals surface area contributed by atoms with Gasteiger partial charge in [0.15, 0.2) is 11.3 Å². The lowest BCUT2D eigenvalue weighted by Crippen LogP contribution is -2.07. The summed E-state index contributed by atoms with van der Waals surface area (Å²) in [5, 5.41) is 22.4. The molecule has 0 bridgehead atoms. The molecule has 4 aromatic heterocycles. The number of aliphatic hydroxyl groups is 1. The predicted molar refractivity (Wildman–Crippen MR) is 283 cm³/mol. The van der Waals surface area contributed by atoms with E-state index in [9.17, 15) is 0 Å². The van der Waals surface area contributed by atoms with Gasteiger partial charge in [-0.25, -0.2) is 24.6 Å². The van der Waals surface area contributed by atoms with Crippen molar-refractivity contribution in [2.75, 3.05) is 11.5 Å². The van der Waals surface area contributed by atoms with E-state index >= 15 is 0 Å². The number of nitrogens with zero attached hydrogens (tertiary/aromatic N) is 7. The van der Waals surface area contributed by atoms with Gasteiger partial charge in [0.2, 0.25) is 0 Å². The van der Waals surface area contributed by atoms with Gasteiger partial charge in [-0.05, 0) is 110 Å². The highest BCUT2D eigenvalue weighted by molar-refractivity contribution is 5.99. The molecule has 0 radical (unpaired) electrons. The first-order valence-electron chi connectivity index (χ1n) is 24.6. The molecule has 6 aromatic carbocycles. The Balaban J connectivity index is 0.000000151. The van der Waals surface area contributed by atoms with Crippen molar-refractivity contribution in [1.82, 2.24) is 39.9 Å². The summed E-state index contributed by atoms with van der Waals surface area (Å²) < 4.78 is 26.0. The lowest BCUT2D eigenvalue weighted by atomic mass is 10.1. The van der Waals surface area contributed by atoms with Crippen LogP contribution in [-0.2, 0) is 13.2 Å². The number of nitrogen functional groups attached to an aromatic ring is 2. The number of nitrogens with two attached hydrogens (primary N) is 2. The maximum absolute atomic E-state index is 8.73. The maximum atomic E-state index is 8.73. The summed E-state index contributed by atoms with van der Waals surface area (Å²) in [6.45, 7) is 1.01. The molecule has 15 nitrogen and oxygen atoms in total. The van der Waals surface area contributed by atoms with Gasteiger partial charge in [0, 0.05) is 23.3 Å². The number of hydrogen-bond acceptors (Lipinski definition) is 13. The zero-order valence-corrected chi connectivity index (χ0v) is 40.3. The Bertz CT molecular complexity index is 3360. The number of aliphatic hydroxyl groups excluding tert-OH is 1. The highest BCUT2D eigenvalue weighted by atomic mass is 16.5. The molecular weight excluding hydrogens is 917 g/mol. The summed E-state index contributed by atoms with van der Waals surface area (Å²) in [6.07, 6.45) is 12.2. The Morgan fingerprint density at radius 2 is 1.03 bits per heavy atom. The van der Waals surface area contributed by atoms with Gasteiger partial charge < -0.3 is 35.5 Å². The van der Waals surface area contributed by atoms with Crippen LogP contribution in [-0.4, -0.2) is 51.1 Å². The summed E-state index contributed by atoms with van der Waals surface area (Å²) in [7, 11) is 0. The molecule has 0 spiro atoms. The molecule has 2 saturated carbocycles. The van der Waals surface area contributed by atoms with E-state index in [0.717, 1.165) is 87.6 Å². The molecule has 2 fully saturated rings. The highest BCUT2D eigenvalue weighted by Crippen LogP contribution is 2.38. The van der Waals surface area contributed by atoms with Crippen LogP contribution in [0.4, 0.5) is 11.6 Å². The van der Waals surface area contributed by atoms with E-state index < -0.39 is 0 Å². The Kier molecular flexibility index (Phi) is 15.0. The van der Waals surface area contributed by atoms with E-state index in [2.05, 4.69) is 30.1 Å². The van der Waals surface area contributed by atoms with Gasteiger partial charge in [-0.15, -0.1) is 0 Å². The molecule has 0 unspecified atom stereocenters. The minimum Gasteiger partial charge on any atom is -0.489 e. The molecule has 2 aliphatic rings. The van der Waals surface area contributed by atoms with E-state index in [0.29, 0.717) is 59.2 Å². The number of fused-ring (bicyclic) bond motifs is 2. The summed E-state index contributed by atoms with van der Waals surface area (Å²) in [5.74, 6) is 5.18. The van der Waals surface area contributed by atoms with Crippen molar-refractivity contribution in [3.05, 3.63) is 182 Å². The molecule has 368 valence electrons. The smallest absolute Gasteiger partial charge is 0.186 e. The number of aromatic nitrogens is 8. The molecule has 10 aromatic rings. The van der Waals surface area contributed by atoms with E-state index in [-0.39, 0.29) is 6.10 Å². The summed E-state index contributed by atoms with van der Waals surface area (Å²) in [4.78, 5) is 16.9. The zero-order valence-electron chi connectivity index (χ0n) is 40.3. The zero-order chi connectivity index (χ0) is 49.8. The first kappa shape index (κ1) is 47.8. The van der Waals surface area contributed by atoms with Crippen molar-refractivity contribution in [2.24, 2.45) is 0 Å². The molecule has 12 rings (SSSR count). The number of aromatic amines is 1. The molecule has 4 heterocycles. The molecule has 2 aliphatic carbocycles. The minimum atomic E-state index is 0.0463. The lowest BCUT2D eigenvalue weighted by Gasteiger charge is -2.10. The third-order valence-corrected chi connectivity index (χ3v) is 12.7. The standard InChI is InChI=1S/C29H27N5O2.C24H19N5O2.C5H10O/c30-28-26-27(33-34(22-9-4-5-10-22)29(26)32-19-31-28)21-13-15-23(16-14-21)36-25-12-6-11-24(17-25)35-18-20-7-2-1-3-8-20;25-23-21-22(28-29-24(21)27-15-26-23)17-9-11-18(12-10-17)31-20-8-4-7-19(13-20)30-14-16-5-2-1-3-6-16;6-5-3-1-2-4-5/h1-3,6-8,11-17,19,22H,4-5,9-10,18H2,(H2,30,31,32);1-13,15H,14H2,(H3,25,26,27,28,29);5-6H,1-4H2. The van der Waals surface area contributed by atoms with Gasteiger partial charge in [-0.2, -0.15) is 10.2 Å². The number of ether oxygens (including phenoxy) is 4. The number of rotatable bonds is 13. The van der Waals surface area contributed by atoms with Gasteiger partial charge in [0.1, 0.15) is 77.7 Å². The van der Waals surface area contributed by atoms with Crippen molar-refractivity contribution in [2.45, 2.75) is 76.7 Å². The number of benzene rings is 6. The third-order valence-electron chi connectivity index (χ3n) is 12.7. The fourth-order valence-corrected chi connectivity index (χ4v) is 8.97. The van der Waals surface area contributed by atoms with Gasteiger partial charge in [0.05, 0.1) is 28.6 Å². The molecule has 6 N–H and O–H groups in total. The molecule has 0 aliphatic heterocycles.